The number of nitrogens with two attached hydrogens (primary N) is 2. The minimum atomic E-state index is -0.443. The highest BCUT2D eigenvalue weighted by atomic mass is 19.1. The third kappa shape index (κ3) is 2.52. The maximum Gasteiger partial charge on any atom is 0.143 e. The normalized spacial score (nSPS) is 19.2. The highest BCUT2D eigenvalue weighted by molar-refractivity contribution is 5.57. The Kier molecular flexibility index (Phi) is 3.52. The van der Waals surface area contributed by atoms with Crippen LogP contribution in [0.1, 0.15) is 43.7 Å². The Labute approximate surface area is 101 Å². The molecule has 1 aromatic rings. The van der Waals surface area contributed by atoms with Crippen molar-refractivity contribution in [2.45, 2.75) is 38.1 Å². The van der Waals surface area contributed by atoms with E-state index in [9.17, 15) is 9.50 Å². The molecule has 0 aromatic heterocycles. The SMILES string of the molecule is Nc1cc(F)cc([C@@H](N)C2CCCCC2)c1O. The van der Waals surface area contributed by atoms with Crippen molar-refractivity contribution < 1.29 is 9.50 Å². The zero-order valence-corrected chi connectivity index (χ0v) is 9.82. The van der Waals surface area contributed by atoms with Crippen molar-refractivity contribution in [3.8, 4) is 5.75 Å². The van der Waals surface area contributed by atoms with Gasteiger partial charge in [-0.3, -0.25) is 0 Å². The van der Waals surface area contributed by atoms with E-state index in [0.717, 1.165) is 31.7 Å². The highest BCUT2D eigenvalue weighted by Crippen LogP contribution is 2.38. The number of halogens is 1. The first kappa shape index (κ1) is 12.2. The van der Waals surface area contributed by atoms with Gasteiger partial charge in [0, 0.05) is 17.7 Å². The van der Waals surface area contributed by atoms with Gasteiger partial charge < -0.3 is 16.6 Å². The van der Waals surface area contributed by atoms with Gasteiger partial charge in [-0.05, 0) is 24.8 Å². The number of rotatable bonds is 2. The third-order valence-corrected chi connectivity index (χ3v) is 3.65. The summed E-state index contributed by atoms with van der Waals surface area (Å²) < 4.78 is 13.3. The summed E-state index contributed by atoms with van der Waals surface area (Å²) in [5.74, 6) is -0.193. The molecule has 0 saturated heterocycles. The predicted octanol–water partition coefficient (Wildman–Crippen LogP) is 2.69. The van der Waals surface area contributed by atoms with E-state index in [1.807, 2.05) is 0 Å². The zero-order valence-electron chi connectivity index (χ0n) is 9.82. The summed E-state index contributed by atoms with van der Waals surface area (Å²) in [7, 11) is 0. The van der Waals surface area contributed by atoms with Gasteiger partial charge >= 0.3 is 0 Å². The largest absolute Gasteiger partial charge is 0.505 e. The van der Waals surface area contributed by atoms with E-state index in [-0.39, 0.29) is 17.5 Å². The molecule has 1 atom stereocenters. The van der Waals surface area contributed by atoms with Gasteiger partial charge in [0.25, 0.3) is 0 Å². The number of phenols is 1. The molecule has 0 aliphatic heterocycles. The van der Waals surface area contributed by atoms with Crippen LogP contribution in [-0.4, -0.2) is 5.11 Å². The van der Waals surface area contributed by atoms with Crippen LogP contribution in [0.4, 0.5) is 10.1 Å². The number of aromatic hydroxyl groups is 1. The van der Waals surface area contributed by atoms with Gasteiger partial charge in [-0.25, -0.2) is 4.39 Å². The summed E-state index contributed by atoms with van der Waals surface area (Å²) in [4.78, 5) is 0. The van der Waals surface area contributed by atoms with Gasteiger partial charge in [0.15, 0.2) is 0 Å². The molecule has 0 spiro atoms. The number of nitrogen functional groups attached to an aromatic ring is 1. The molecular weight excluding hydrogens is 219 g/mol. The lowest BCUT2D eigenvalue weighted by atomic mass is 9.81. The molecule has 3 nitrogen and oxygen atoms in total. The molecule has 0 amide bonds. The maximum atomic E-state index is 13.3. The predicted molar refractivity (Wildman–Crippen MR) is 66.0 cm³/mol. The van der Waals surface area contributed by atoms with Gasteiger partial charge in [0.05, 0.1) is 5.69 Å². The van der Waals surface area contributed by atoms with E-state index < -0.39 is 5.82 Å². The molecule has 0 heterocycles. The first-order chi connectivity index (χ1) is 8.09. The fourth-order valence-corrected chi connectivity index (χ4v) is 2.64. The Balaban J connectivity index is 2.26. The molecule has 2 rings (SSSR count). The molecule has 0 bridgehead atoms. The first-order valence-corrected chi connectivity index (χ1v) is 6.13. The van der Waals surface area contributed by atoms with Crippen molar-refractivity contribution in [2.75, 3.05) is 5.73 Å². The van der Waals surface area contributed by atoms with E-state index in [1.165, 1.54) is 12.5 Å². The van der Waals surface area contributed by atoms with Gasteiger partial charge in [-0.15, -0.1) is 0 Å². The molecule has 1 aliphatic carbocycles. The van der Waals surface area contributed by atoms with E-state index in [2.05, 4.69) is 0 Å². The summed E-state index contributed by atoms with van der Waals surface area (Å²) in [6.45, 7) is 0. The van der Waals surface area contributed by atoms with Crippen molar-refractivity contribution >= 4 is 5.69 Å². The molecule has 0 radical (unpaired) electrons. The number of hydrogen-bond donors (Lipinski definition) is 3. The Morgan fingerprint density at radius 3 is 2.53 bits per heavy atom. The lowest BCUT2D eigenvalue weighted by Gasteiger charge is -2.28. The Bertz CT molecular complexity index is 403. The molecule has 1 aromatic carbocycles. The smallest absolute Gasteiger partial charge is 0.143 e. The molecular formula is C13H19FN2O. The Morgan fingerprint density at radius 1 is 1.24 bits per heavy atom. The fraction of sp³-hybridized carbons (Fsp3) is 0.538. The van der Waals surface area contributed by atoms with Gasteiger partial charge in [-0.1, -0.05) is 19.3 Å². The molecule has 1 aliphatic rings. The van der Waals surface area contributed by atoms with Crippen molar-refractivity contribution in [2.24, 2.45) is 11.7 Å². The molecule has 5 N–H and O–H groups in total. The number of hydrogen-bond acceptors (Lipinski definition) is 3. The van der Waals surface area contributed by atoms with Crippen molar-refractivity contribution in [3.63, 3.8) is 0 Å². The number of benzene rings is 1. The molecule has 17 heavy (non-hydrogen) atoms. The standard InChI is InChI=1S/C13H19FN2O/c14-9-6-10(13(17)11(15)7-9)12(16)8-4-2-1-3-5-8/h6-8,12,17H,1-5,15-16H2/t12-/m0/s1. The van der Waals surface area contributed by atoms with Crippen LogP contribution in [0.15, 0.2) is 12.1 Å². The highest BCUT2D eigenvalue weighted by Gasteiger charge is 2.25. The second kappa shape index (κ2) is 4.92. The Morgan fingerprint density at radius 2 is 1.88 bits per heavy atom. The van der Waals surface area contributed by atoms with Crippen LogP contribution in [0.5, 0.6) is 5.75 Å². The topological polar surface area (TPSA) is 72.3 Å². The van der Waals surface area contributed by atoms with Crippen LogP contribution in [-0.2, 0) is 0 Å². The molecule has 0 unspecified atom stereocenters. The van der Waals surface area contributed by atoms with E-state index in [1.54, 1.807) is 0 Å². The molecule has 1 saturated carbocycles. The summed E-state index contributed by atoms with van der Waals surface area (Å²) in [5.41, 5.74) is 12.2. The molecule has 1 fully saturated rings. The summed E-state index contributed by atoms with van der Waals surface area (Å²) in [5, 5.41) is 9.85. The van der Waals surface area contributed by atoms with E-state index >= 15 is 0 Å². The zero-order chi connectivity index (χ0) is 12.4. The van der Waals surface area contributed by atoms with Crippen LogP contribution in [0.25, 0.3) is 0 Å². The van der Waals surface area contributed by atoms with Crippen LogP contribution < -0.4 is 11.5 Å². The lowest BCUT2D eigenvalue weighted by molar-refractivity contribution is 0.302. The number of anilines is 1. The van der Waals surface area contributed by atoms with Gasteiger partial charge in [-0.2, -0.15) is 0 Å². The maximum absolute atomic E-state index is 13.3. The molecule has 4 heteroatoms. The monoisotopic (exact) mass is 238 g/mol. The Hall–Kier alpha value is -1.29. The average molecular weight is 238 g/mol. The van der Waals surface area contributed by atoms with Crippen LogP contribution in [0.3, 0.4) is 0 Å². The van der Waals surface area contributed by atoms with E-state index in [4.69, 9.17) is 11.5 Å². The minimum Gasteiger partial charge on any atom is -0.505 e. The van der Waals surface area contributed by atoms with Gasteiger partial charge in [0.2, 0.25) is 0 Å². The summed E-state index contributed by atoms with van der Waals surface area (Å²) in [6, 6.07) is 2.09. The van der Waals surface area contributed by atoms with Crippen LogP contribution in [0.2, 0.25) is 0 Å². The third-order valence-electron chi connectivity index (χ3n) is 3.65. The fourth-order valence-electron chi connectivity index (χ4n) is 2.64. The van der Waals surface area contributed by atoms with Crippen LogP contribution >= 0.6 is 0 Å². The average Bonchev–Trinajstić information content (AvgIpc) is 2.34. The van der Waals surface area contributed by atoms with Gasteiger partial charge in [0.1, 0.15) is 11.6 Å². The summed E-state index contributed by atoms with van der Waals surface area (Å²) in [6.07, 6.45) is 5.63. The van der Waals surface area contributed by atoms with Crippen molar-refractivity contribution in [1.29, 1.82) is 0 Å². The number of phenolic OH excluding ortho intramolecular Hbond substituents is 1. The summed E-state index contributed by atoms with van der Waals surface area (Å²) >= 11 is 0. The van der Waals surface area contributed by atoms with Crippen LogP contribution in [0, 0.1) is 11.7 Å². The van der Waals surface area contributed by atoms with Crippen molar-refractivity contribution in [3.05, 3.63) is 23.5 Å². The molecule has 94 valence electrons. The second-order valence-electron chi connectivity index (χ2n) is 4.86. The second-order valence-corrected chi connectivity index (χ2v) is 4.86. The lowest BCUT2D eigenvalue weighted by Crippen LogP contribution is -2.24. The van der Waals surface area contributed by atoms with E-state index in [0.29, 0.717) is 11.5 Å². The quantitative estimate of drug-likeness (QED) is 0.548. The minimum absolute atomic E-state index is 0.0614. The van der Waals surface area contributed by atoms with Crippen molar-refractivity contribution in [1.82, 2.24) is 0 Å². The first-order valence-electron chi connectivity index (χ1n) is 6.13.